The minimum atomic E-state index is -4.44. The normalized spacial score (nSPS) is 11.6. The molecule has 3 radical (unpaired) electrons. The molecule has 1 heterocycles. The van der Waals surface area contributed by atoms with Crippen molar-refractivity contribution in [3.8, 4) is 0 Å². The monoisotopic (exact) mass is 158 g/mol. The second-order valence-electron chi connectivity index (χ2n) is 1.94. The predicted molar refractivity (Wildman–Crippen MR) is 30.5 cm³/mol. The van der Waals surface area contributed by atoms with Crippen LogP contribution in [0, 0.1) is 25.3 Å². The van der Waals surface area contributed by atoms with Gasteiger partial charge in [0.2, 0.25) is 0 Å². The number of pyridine rings is 1. The molecule has 0 N–H and O–H groups in total. The Morgan fingerprint density at radius 2 is 1.91 bits per heavy atom. The van der Waals surface area contributed by atoms with Crippen LogP contribution < -0.4 is 0 Å². The summed E-state index contributed by atoms with van der Waals surface area (Å²) in [7, 11) is 0. The minimum absolute atomic E-state index is 0.415. The van der Waals surface area contributed by atoms with Gasteiger partial charge in [-0.3, -0.25) is 0 Å². The highest BCUT2D eigenvalue weighted by molar-refractivity contribution is 5.09. The summed E-state index contributed by atoms with van der Waals surface area (Å²) in [6, 6.07) is 4.13. The summed E-state index contributed by atoms with van der Waals surface area (Å²) < 4.78 is 35.4. The molecule has 0 unspecified atom stereocenters. The summed E-state index contributed by atoms with van der Waals surface area (Å²) in [6.45, 7) is 1.55. The molecule has 0 spiro atoms. The molecule has 11 heavy (non-hydrogen) atoms. The third kappa shape index (κ3) is 1.93. The lowest BCUT2D eigenvalue weighted by Gasteiger charge is -2.02. The van der Waals surface area contributed by atoms with Crippen LogP contribution in [0.4, 0.5) is 13.2 Å². The standard InChI is InChI=1S/C7H3F3N/c1-5-2-3-6(11-4-5)7(8,9)10/h1H3. The van der Waals surface area contributed by atoms with Gasteiger partial charge in [-0.05, 0) is 18.6 Å². The predicted octanol–water partition coefficient (Wildman–Crippen LogP) is 1.81. The second kappa shape index (κ2) is 2.53. The Morgan fingerprint density at radius 1 is 1.27 bits per heavy atom. The molecule has 0 aromatic carbocycles. The van der Waals surface area contributed by atoms with E-state index in [4.69, 9.17) is 0 Å². The maximum Gasteiger partial charge on any atom is 0.434 e. The number of aromatic nitrogens is 1. The smallest absolute Gasteiger partial charge is 0.241 e. The van der Waals surface area contributed by atoms with E-state index in [9.17, 15) is 13.2 Å². The maximum absolute atomic E-state index is 11.8. The molecule has 0 atom stereocenters. The van der Waals surface area contributed by atoms with Crippen molar-refractivity contribution in [3.05, 3.63) is 29.6 Å². The first kappa shape index (κ1) is 8.04. The number of rotatable bonds is 0. The van der Waals surface area contributed by atoms with Crippen LogP contribution in [0.2, 0.25) is 0 Å². The van der Waals surface area contributed by atoms with Gasteiger partial charge in [0.15, 0.2) is 5.69 Å². The van der Waals surface area contributed by atoms with E-state index in [1.54, 1.807) is 6.92 Å². The Kier molecular flexibility index (Phi) is 1.85. The topological polar surface area (TPSA) is 12.9 Å². The fourth-order valence-electron chi connectivity index (χ4n) is 0.483. The SMILES string of the molecule is Cc1[c][c]c(C(F)(F)F)n[c]1. The van der Waals surface area contributed by atoms with Crippen LogP contribution in [0.5, 0.6) is 0 Å². The van der Waals surface area contributed by atoms with Crippen molar-refractivity contribution in [3.63, 3.8) is 0 Å². The van der Waals surface area contributed by atoms with Crippen molar-refractivity contribution in [2.24, 2.45) is 0 Å². The average molecular weight is 158 g/mol. The Labute approximate surface area is 61.9 Å². The molecule has 0 aliphatic heterocycles. The molecule has 1 nitrogen and oxygen atoms in total. The van der Waals surface area contributed by atoms with Gasteiger partial charge in [-0.25, -0.2) is 4.98 Å². The molecule has 0 saturated heterocycles. The van der Waals surface area contributed by atoms with E-state index >= 15 is 0 Å². The van der Waals surface area contributed by atoms with E-state index < -0.39 is 11.9 Å². The van der Waals surface area contributed by atoms with Crippen LogP contribution in [-0.2, 0) is 6.18 Å². The zero-order valence-electron chi connectivity index (χ0n) is 5.58. The van der Waals surface area contributed by atoms with Gasteiger partial charge < -0.3 is 0 Å². The summed E-state index contributed by atoms with van der Waals surface area (Å²) in [4.78, 5) is 3.01. The molecule has 1 rings (SSSR count). The van der Waals surface area contributed by atoms with Crippen LogP contribution in [0.3, 0.4) is 0 Å². The van der Waals surface area contributed by atoms with E-state index in [-0.39, 0.29) is 0 Å². The van der Waals surface area contributed by atoms with Crippen LogP contribution in [-0.4, -0.2) is 4.98 Å². The lowest BCUT2D eigenvalue weighted by molar-refractivity contribution is -0.141. The van der Waals surface area contributed by atoms with E-state index in [0.717, 1.165) is 0 Å². The largest absolute Gasteiger partial charge is 0.434 e. The molecule has 57 valence electrons. The van der Waals surface area contributed by atoms with Crippen molar-refractivity contribution in [2.45, 2.75) is 13.1 Å². The summed E-state index contributed by atoms with van der Waals surface area (Å²) in [5.41, 5.74) is -0.666. The molecule has 0 aliphatic carbocycles. The van der Waals surface area contributed by atoms with Crippen molar-refractivity contribution >= 4 is 0 Å². The first-order chi connectivity index (χ1) is 5.00. The van der Waals surface area contributed by atoms with Crippen LogP contribution in [0.1, 0.15) is 11.3 Å². The molecule has 0 aliphatic rings. The maximum atomic E-state index is 11.8. The summed E-state index contributed by atoms with van der Waals surface area (Å²) in [5, 5.41) is 0. The summed E-state index contributed by atoms with van der Waals surface area (Å²) in [5.74, 6) is 0. The summed E-state index contributed by atoms with van der Waals surface area (Å²) >= 11 is 0. The zero-order chi connectivity index (χ0) is 8.48. The van der Waals surface area contributed by atoms with Gasteiger partial charge in [0.25, 0.3) is 0 Å². The summed E-state index contributed by atoms with van der Waals surface area (Å²) in [6.07, 6.45) is -2.29. The Bertz CT molecular complexity index is 237. The molecular formula is C7H3F3N. The molecular weight excluding hydrogens is 155 g/mol. The molecule has 0 saturated carbocycles. The zero-order valence-corrected chi connectivity index (χ0v) is 5.58. The number of aryl methyl sites for hydroxylation is 1. The van der Waals surface area contributed by atoms with Crippen molar-refractivity contribution in [1.29, 1.82) is 0 Å². The lowest BCUT2D eigenvalue weighted by Crippen LogP contribution is -2.07. The number of alkyl halides is 3. The Morgan fingerprint density at radius 3 is 2.27 bits per heavy atom. The number of hydrogen-bond donors (Lipinski definition) is 0. The van der Waals surface area contributed by atoms with E-state index in [1.165, 1.54) is 0 Å². The molecule has 0 bridgehead atoms. The van der Waals surface area contributed by atoms with E-state index in [0.29, 0.717) is 5.56 Å². The van der Waals surface area contributed by atoms with Gasteiger partial charge in [-0.1, -0.05) is 0 Å². The highest BCUT2D eigenvalue weighted by Crippen LogP contribution is 2.26. The van der Waals surface area contributed by atoms with Gasteiger partial charge >= 0.3 is 6.18 Å². The molecule has 0 fully saturated rings. The van der Waals surface area contributed by atoms with Gasteiger partial charge in [0.05, 0.1) is 6.20 Å². The van der Waals surface area contributed by atoms with E-state index in [2.05, 4.69) is 17.2 Å². The first-order valence-corrected chi connectivity index (χ1v) is 2.76. The number of hydrogen-bond acceptors (Lipinski definition) is 1. The van der Waals surface area contributed by atoms with Gasteiger partial charge in [0.1, 0.15) is 0 Å². The molecule has 1 aromatic rings. The Hall–Kier alpha value is -1.06. The Balaban J connectivity index is 2.99. The third-order valence-corrected chi connectivity index (χ3v) is 0.972. The highest BCUT2D eigenvalue weighted by atomic mass is 19.4. The van der Waals surface area contributed by atoms with Crippen LogP contribution in [0.25, 0.3) is 0 Å². The molecule has 0 amide bonds. The second-order valence-corrected chi connectivity index (χ2v) is 1.94. The van der Waals surface area contributed by atoms with E-state index in [1.807, 2.05) is 6.07 Å². The van der Waals surface area contributed by atoms with Crippen LogP contribution >= 0.6 is 0 Å². The van der Waals surface area contributed by atoms with Gasteiger partial charge in [0, 0.05) is 6.07 Å². The number of nitrogens with zero attached hydrogens (tertiary/aromatic N) is 1. The van der Waals surface area contributed by atoms with Gasteiger partial charge in [-0.2, -0.15) is 13.2 Å². The fraction of sp³-hybridized carbons (Fsp3) is 0.286. The highest BCUT2D eigenvalue weighted by Gasteiger charge is 2.32. The quantitative estimate of drug-likeness (QED) is 0.561. The van der Waals surface area contributed by atoms with Crippen molar-refractivity contribution in [2.75, 3.05) is 0 Å². The lowest BCUT2D eigenvalue weighted by atomic mass is 10.3. The van der Waals surface area contributed by atoms with Crippen molar-refractivity contribution < 1.29 is 13.2 Å². The third-order valence-electron chi connectivity index (χ3n) is 0.972. The number of halogens is 3. The molecule has 1 aromatic heterocycles. The van der Waals surface area contributed by atoms with Crippen molar-refractivity contribution in [1.82, 2.24) is 4.98 Å². The van der Waals surface area contributed by atoms with Gasteiger partial charge in [-0.15, -0.1) is 0 Å². The fourth-order valence-corrected chi connectivity index (χ4v) is 0.483. The van der Waals surface area contributed by atoms with Crippen LogP contribution in [0.15, 0.2) is 0 Å². The first-order valence-electron chi connectivity index (χ1n) is 2.76. The minimum Gasteiger partial charge on any atom is -0.241 e. The average Bonchev–Trinajstić information content (AvgIpc) is 1.86. The molecule has 4 heteroatoms.